The van der Waals surface area contributed by atoms with Crippen molar-refractivity contribution in [1.82, 2.24) is 19.8 Å². The van der Waals surface area contributed by atoms with Crippen molar-refractivity contribution in [3.8, 4) is 5.69 Å². The maximum atomic E-state index is 5.78. The van der Waals surface area contributed by atoms with Crippen LogP contribution in [-0.4, -0.2) is 26.1 Å². The quantitative estimate of drug-likeness (QED) is 0.385. The molecule has 0 unspecified atom stereocenters. The van der Waals surface area contributed by atoms with E-state index in [-0.39, 0.29) is 12.1 Å². The van der Waals surface area contributed by atoms with Crippen LogP contribution >= 0.6 is 12.2 Å². The summed E-state index contributed by atoms with van der Waals surface area (Å²) < 4.78 is 2.39. The fraction of sp³-hybridized carbons (Fsp3) is 0.259. The zero-order valence-corrected chi connectivity index (χ0v) is 19.6. The minimum atomic E-state index is 0.0247. The monoisotopic (exact) mass is 440 g/mol. The molecular weight excluding hydrogens is 412 g/mol. The molecule has 0 saturated carbocycles. The predicted molar refractivity (Wildman–Crippen MR) is 135 cm³/mol. The van der Waals surface area contributed by atoms with Crippen LogP contribution in [-0.2, 0) is 0 Å². The maximum Gasteiger partial charge on any atom is 0.170 e. The van der Waals surface area contributed by atoms with Crippen LogP contribution in [0.15, 0.2) is 72.9 Å². The smallest absolute Gasteiger partial charge is 0.170 e. The van der Waals surface area contributed by atoms with E-state index in [4.69, 9.17) is 12.2 Å². The molecule has 2 atom stereocenters. The first-order valence-corrected chi connectivity index (χ1v) is 11.7. The first-order valence-electron chi connectivity index (χ1n) is 11.2. The van der Waals surface area contributed by atoms with Crippen molar-refractivity contribution in [2.75, 3.05) is 6.54 Å². The molecule has 0 radical (unpaired) electrons. The second kappa shape index (κ2) is 8.40. The number of rotatable bonds is 5. The molecule has 5 rings (SSSR count). The minimum absolute atomic E-state index is 0.0247. The Morgan fingerprint density at radius 2 is 1.78 bits per heavy atom. The summed E-state index contributed by atoms with van der Waals surface area (Å²) in [6.45, 7) is 7.54. The number of pyridine rings is 1. The number of hydrogen-bond acceptors (Lipinski definition) is 2. The summed E-state index contributed by atoms with van der Waals surface area (Å²) >= 11 is 5.78. The van der Waals surface area contributed by atoms with Gasteiger partial charge < -0.3 is 14.8 Å². The van der Waals surface area contributed by atoms with Gasteiger partial charge in [0.25, 0.3) is 0 Å². The van der Waals surface area contributed by atoms with Crippen molar-refractivity contribution < 1.29 is 0 Å². The maximum absolute atomic E-state index is 5.78. The summed E-state index contributed by atoms with van der Waals surface area (Å²) in [5, 5.41) is 6.88. The summed E-state index contributed by atoms with van der Waals surface area (Å²) in [5.74, 6) is 0. The zero-order chi connectivity index (χ0) is 22.2. The third-order valence-corrected chi connectivity index (χ3v) is 6.81. The molecule has 4 aromatic rings. The van der Waals surface area contributed by atoms with Gasteiger partial charge >= 0.3 is 0 Å². The van der Waals surface area contributed by atoms with Crippen LogP contribution in [0.3, 0.4) is 0 Å². The van der Waals surface area contributed by atoms with Crippen molar-refractivity contribution in [3.63, 3.8) is 0 Å². The second-order valence-corrected chi connectivity index (χ2v) is 8.87. The van der Waals surface area contributed by atoms with Gasteiger partial charge in [-0.25, -0.2) is 0 Å². The van der Waals surface area contributed by atoms with Gasteiger partial charge in [-0.2, -0.15) is 0 Å². The number of nitrogens with one attached hydrogen (secondary N) is 1. The highest BCUT2D eigenvalue weighted by atomic mass is 32.1. The summed E-state index contributed by atoms with van der Waals surface area (Å²) in [7, 11) is 0. The van der Waals surface area contributed by atoms with Gasteiger partial charge in [0.15, 0.2) is 5.11 Å². The Labute approximate surface area is 194 Å². The number of thiocarbonyl (C=S) groups is 1. The molecule has 4 nitrogen and oxygen atoms in total. The lowest BCUT2D eigenvalue weighted by atomic mass is 9.96. The summed E-state index contributed by atoms with van der Waals surface area (Å²) in [5.41, 5.74) is 6.01. The van der Waals surface area contributed by atoms with E-state index in [1.165, 1.54) is 33.4 Å². The predicted octanol–water partition coefficient (Wildman–Crippen LogP) is 6.02. The normalized spacial score (nSPS) is 18.3. The zero-order valence-electron chi connectivity index (χ0n) is 18.7. The molecule has 5 heteroatoms. The highest BCUT2D eigenvalue weighted by Crippen LogP contribution is 2.41. The Balaban J connectivity index is 1.67. The van der Waals surface area contributed by atoms with Gasteiger partial charge in [0.1, 0.15) is 0 Å². The van der Waals surface area contributed by atoms with Crippen molar-refractivity contribution in [3.05, 3.63) is 95.6 Å². The number of aryl methyl sites for hydroxylation is 1. The highest BCUT2D eigenvalue weighted by molar-refractivity contribution is 7.80. The topological polar surface area (TPSA) is 33.1 Å². The van der Waals surface area contributed by atoms with Gasteiger partial charge in [0.2, 0.25) is 0 Å². The Kier molecular flexibility index (Phi) is 5.43. The van der Waals surface area contributed by atoms with E-state index in [1.807, 2.05) is 18.3 Å². The molecule has 1 saturated heterocycles. The number of aromatic nitrogens is 2. The van der Waals surface area contributed by atoms with Crippen LogP contribution in [0.5, 0.6) is 0 Å². The highest BCUT2D eigenvalue weighted by Gasteiger charge is 2.41. The third-order valence-electron chi connectivity index (χ3n) is 6.46. The molecule has 0 bridgehead atoms. The minimum Gasteiger partial charge on any atom is -0.352 e. The molecule has 2 aromatic heterocycles. The average molecular weight is 441 g/mol. The molecule has 0 spiro atoms. The van der Waals surface area contributed by atoms with E-state index >= 15 is 0 Å². The van der Waals surface area contributed by atoms with Gasteiger partial charge in [-0.15, -0.1) is 0 Å². The Hall–Kier alpha value is -3.18. The molecule has 0 aliphatic carbocycles. The number of benzene rings is 2. The van der Waals surface area contributed by atoms with Crippen molar-refractivity contribution in [2.45, 2.75) is 39.3 Å². The van der Waals surface area contributed by atoms with Crippen LogP contribution in [0.2, 0.25) is 0 Å². The van der Waals surface area contributed by atoms with Gasteiger partial charge in [0, 0.05) is 29.5 Å². The molecule has 0 amide bonds. The summed E-state index contributed by atoms with van der Waals surface area (Å²) in [4.78, 5) is 7.01. The van der Waals surface area contributed by atoms with E-state index in [2.05, 4.69) is 95.1 Å². The fourth-order valence-electron chi connectivity index (χ4n) is 5.09. The van der Waals surface area contributed by atoms with Crippen LogP contribution < -0.4 is 5.32 Å². The molecule has 1 aliphatic heterocycles. The largest absolute Gasteiger partial charge is 0.352 e. The molecule has 162 valence electrons. The van der Waals surface area contributed by atoms with E-state index in [0.717, 1.165) is 23.8 Å². The number of hydrogen-bond donors (Lipinski definition) is 1. The number of nitrogens with zero attached hydrogens (tertiary/aromatic N) is 3. The van der Waals surface area contributed by atoms with E-state index < -0.39 is 0 Å². The Morgan fingerprint density at radius 1 is 1.00 bits per heavy atom. The molecule has 1 fully saturated rings. The molecule has 1 N–H and O–H groups in total. The fourth-order valence-corrected chi connectivity index (χ4v) is 5.42. The number of fused-ring (bicyclic) bond motifs is 1. The van der Waals surface area contributed by atoms with E-state index in [0.29, 0.717) is 0 Å². The average Bonchev–Trinajstić information content (AvgIpc) is 3.29. The van der Waals surface area contributed by atoms with Crippen molar-refractivity contribution in [2.24, 2.45) is 0 Å². The van der Waals surface area contributed by atoms with Gasteiger partial charge in [0.05, 0.1) is 23.5 Å². The molecule has 1 aliphatic rings. The second-order valence-electron chi connectivity index (χ2n) is 8.48. The standard InChI is InChI=1S/C27H28N4S/c1-4-16-30-26(25(29-27(30)32)23-13-7-8-15-28-23)22-17-18(2)31(19(22)3)24-14-9-11-20-10-5-6-12-21(20)24/h5-15,17,25-26H,4,16H2,1-3H3,(H,29,32)/t25-,26+/m1/s1. The first-order chi connectivity index (χ1) is 15.6. The molecule has 32 heavy (non-hydrogen) atoms. The van der Waals surface area contributed by atoms with Gasteiger partial charge in [-0.05, 0) is 67.7 Å². The molecule has 2 aromatic carbocycles. The van der Waals surface area contributed by atoms with Gasteiger partial charge in [-0.3, -0.25) is 4.98 Å². The Bertz CT molecular complexity index is 1270. The molecule has 3 heterocycles. The SMILES string of the molecule is CCCN1C(=S)N[C@H](c2ccccn2)[C@@H]1c1cc(C)n(-c2cccc3ccccc23)c1C. The van der Waals surface area contributed by atoms with E-state index in [9.17, 15) is 0 Å². The third kappa shape index (κ3) is 3.37. The van der Waals surface area contributed by atoms with Crippen LogP contribution in [0, 0.1) is 13.8 Å². The van der Waals surface area contributed by atoms with E-state index in [1.54, 1.807) is 0 Å². The lowest BCUT2D eigenvalue weighted by molar-refractivity contribution is 0.316. The summed E-state index contributed by atoms with van der Waals surface area (Å²) in [6.07, 6.45) is 2.90. The van der Waals surface area contributed by atoms with Crippen LogP contribution in [0.25, 0.3) is 16.5 Å². The van der Waals surface area contributed by atoms with Crippen molar-refractivity contribution in [1.29, 1.82) is 0 Å². The summed E-state index contributed by atoms with van der Waals surface area (Å²) in [6, 6.07) is 23.7. The lowest BCUT2D eigenvalue weighted by Gasteiger charge is -2.28. The van der Waals surface area contributed by atoms with Crippen molar-refractivity contribution >= 4 is 28.1 Å². The molecular formula is C27H28N4S. The van der Waals surface area contributed by atoms with Gasteiger partial charge in [-0.1, -0.05) is 49.4 Å². The Morgan fingerprint density at radius 3 is 2.56 bits per heavy atom. The van der Waals surface area contributed by atoms with Crippen LogP contribution in [0.1, 0.15) is 48.1 Å². The first kappa shape index (κ1) is 20.7. The lowest BCUT2D eigenvalue weighted by Crippen LogP contribution is -2.30. The van der Waals surface area contributed by atoms with Crippen LogP contribution in [0.4, 0.5) is 0 Å².